The molecule has 0 saturated heterocycles. The summed E-state index contributed by atoms with van der Waals surface area (Å²) in [6.07, 6.45) is 7.77. The Kier molecular flexibility index (Phi) is 6.04. The van der Waals surface area contributed by atoms with Gasteiger partial charge in [0.1, 0.15) is 6.54 Å². The molecule has 0 atom stereocenters. The van der Waals surface area contributed by atoms with Gasteiger partial charge in [-0.3, -0.25) is 9.10 Å². The first-order valence-corrected chi connectivity index (χ1v) is 10.0. The average molecular weight is 338 g/mol. The Morgan fingerprint density at radius 2 is 1.70 bits per heavy atom. The van der Waals surface area contributed by atoms with Crippen LogP contribution in [0.4, 0.5) is 5.69 Å². The van der Waals surface area contributed by atoms with E-state index in [1.165, 1.54) is 17.1 Å². The van der Waals surface area contributed by atoms with Crippen molar-refractivity contribution in [2.45, 2.75) is 51.5 Å². The van der Waals surface area contributed by atoms with E-state index in [2.05, 4.69) is 5.32 Å². The van der Waals surface area contributed by atoms with E-state index in [-0.39, 0.29) is 18.5 Å². The molecule has 1 saturated carbocycles. The first kappa shape index (κ1) is 17.8. The first-order valence-electron chi connectivity index (χ1n) is 8.20. The number of aryl methyl sites for hydroxylation is 1. The number of hydrogen-bond donors (Lipinski definition) is 1. The summed E-state index contributed by atoms with van der Waals surface area (Å²) in [5.41, 5.74) is 1.57. The summed E-state index contributed by atoms with van der Waals surface area (Å²) in [4.78, 5) is 12.3. The molecule has 1 fully saturated rings. The van der Waals surface area contributed by atoms with E-state index in [1.807, 2.05) is 19.1 Å². The number of anilines is 1. The van der Waals surface area contributed by atoms with Crippen molar-refractivity contribution < 1.29 is 13.2 Å². The number of nitrogens with one attached hydrogen (secondary N) is 1. The van der Waals surface area contributed by atoms with Crippen LogP contribution in [0.15, 0.2) is 24.3 Å². The van der Waals surface area contributed by atoms with Crippen molar-refractivity contribution in [2.24, 2.45) is 0 Å². The third kappa shape index (κ3) is 5.53. The predicted octanol–water partition coefficient (Wildman–Crippen LogP) is 2.60. The molecule has 1 aromatic carbocycles. The molecule has 0 aromatic heterocycles. The average Bonchev–Trinajstić information content (AvgIpc) is 2.73. The second kappa shape index (κ2) is 7.81. The van der Waals surface area contributed by atoms with E-state index in [9.17, 15) is 13.2 Å². The van der Waals surface area contributed by atoms with Crippen molar-refractivity contribution in [3.63, 3.8) is 0 Å². The second-order valence-electron chi connectivity index (χ2n) is 6.36. The van der Waals surface area contributed by atoms with Crippen LogP contribution in [0.25, 0.3) is 0 Å². The van der Waals surface area contributed by atoms with Gasteiger partial charge in [0.05, 0.1) is 11.9 Å². The van der Waals surface area contributed by atoms with E-state index < -0.39 is 10.0 Å². The second-order valence-corrected chi connectivity index (χ2v) is 8.27. The maximum atomic E-state index is 12.3. The topological polar surface area (TPSA) is 66.5 Å². The van der Waals surface area contributed by atoms with E-state index >= 15 is 0 Å². The van der Waals surface area contributed by atoms with Crippen molar-refractivity contribution in [2.75, 3.05) is 17.1 Å². The van der Waals surface area contributed by atoms with Gasteiger partial charge in [-0.15, -0.1) is 0 Å². The lowest BCUT2D eigenvalue weighted by molar-refractivity contribution is -0.120. The Morgan fingerprint density at radius 3 is 2.22 bits per heavy atom. The fourth-order valence-corrected chi connectivity index (χ4v) is 3.79. The summed E-state index contributed by atoms with van der Waals surface area (Å²) >= 11 is 0. The quantitative estimate of drug-likeness (QED) is 0.839. The van der Waals surface area contributed by atoms with Crippen molar-refractivity contribution >= 4 is 21.6 Å². The van der Waals surface area contributed by atoms with Gasteiger partial charge in [0, 0.05) is 6.04 Å². The lowest BCUT2D eigenvalue weighted by atomic mass is 10.1. The van der Waals surface area contributed by atoms with Gasteiger partial charge in [0.15, 0.2) is 0 Å². The van der Waals surface area contributed by atoms with E-state index in [0.29, 0.717) is 5.69 Å². The molecule has 2 rings (SSSR count). The zero-order valence-electron chi connectivity index (χ0n) is 13.9. The number of amides is 1. The number of carbonyl (C=O) groups is 1. The molecule has 0 aliphatic heterocycles. The Morgan fingerprint density at radius 1 is 1.13 bits per heavy atom. The molecule has 128 valence electrons. The maximum Gasteiger partial charge on any atom is 0.240 e. The smallest absolute Gasteiger partial charge is 0.240 e. The summed E-state index contributed by atoms with van der Waals surface area (Å²) in [7, 11) is -3.50. The minimum atomic E-state index is -3.50. The zero-order valence-corrected chi connectivity index (χ0v) is 14.7. The van der Waals surface area contributed by atoms with Gasteiger partial charge in [-0.1, -0.05) is 43.4 Å². The Labute approximate surface area is 139 Å². The fourth-order valence-electron chi connectivity index (χ4n) is 2.94. The van der Waals surface area contributed by atoms with Crippen molar-refractivity contribution in [1.82, 2.24) is 5.32 Å². The van der Waals surface area contributed by atoms with Gasteiger partial charge in [-0.2, -0.15) is 0 Å². The molecule has 0 bridgehead atoms. The van der Waals surface area contributed by atoms with Gasteiger partial charge < -0.3 is 5.32 Å². The van der Waals surface area contributed by atoms with Crippen LogP contribution in [-0.4, -0.2) is 33.2 Å². The predicted molar refractivity (Wildman–Crippen MR) is 93.0 cm³/mol. The molecule has 0 spiro atoms. The minimum Gasteiger partial charge on any atom is -0.352 e. The van der Waals surface area contributed by atoms with E-state index in [4.69, 9.17) is 0 Å². The number of nitrogens with zero attached hydrogens (tertiary/aromatic N) is 1. The molecule has 23 heavy (non-hydrogen) atoms. The largest absolute Gasteiger partial charge is 0.352 e. The van der Waals surface area contributed by atoms with Crippen molar-refractivity contribution in [3.8, 4) is 0 Å². The third-order valence-electron chi connectivity index (χ3n) is 4.23. The highest BCUT2D eigenvalue weighted by atomic mass is 32.2. The third-order valence-corrected chi connectivity index (χ3v) is 5.37. The zero-order chi connectivity index (χ0) is 16.9. The molecule has 0 heterocycles. The lowest BCUT2D eigenvalue weighted by Gasteiger charge is -2.24. The molecule has 1 N–H and O–H groups in total. The van der Waals surface area contributed by atoms with Crippen LogP contribution >= 0.6 is 0 Å². The van der Waals surface area contributed by atoms with E-state index in [1.54, 1.807) is 12.1 Å². The van der Waals surface area contributed by atoms with Crippen LogP contribution < -0.4 is 9.62 Å². The van der Waals surface area contributed by atoms with Gasteiger partial charge in [-0.05, 0) is 31.9 Å². The molecular weight excluding hydrogens is 312 g/mol. The molecule has 0 radical (unpaired) electrons. The Balaban J connectivity index is 2.05. The number of sulfonamides is 1. The molecule has 0 unspecified atom stereocenters. The summed E-state index contributed by atoms with van der Waals surface area (Å²) in [6, 6.07) is 7.32. The monoisotopic (exact) mass is 338 g/mol. The Bertz CT molecular complexity index is 618. The van der Waals surface area contributed by atoms with Gasteiger partial charge in [0.25, 0.3) is 0 Å². The molecule has 1 aromatic rings. The van der Waals surface area contributed by atoms with Gasteiger partial charge in [-0.25, -0.2) is 8.42 Å². The van der Waals surface area contributed by atoms with E-state index in [0.717, 1.165) is 37.5 Å². The summed E-state index contributed by atoms with van der Waals surface area (Å²) in [5, 5.41) is 3.00. The normalized spacial score (nSPS) is 16.6. The van der Waals surface area contributed by atoms with Crippen molar-refractivity contribution in [3.05, 3.63) is 29.8 Å². The standard InChI is InChI=1S/C17H26N2O3S/c1-14-9-11-16(12-10-14)19(23(2,21)22)13-17(20)18-15-7-5-3-4-6-8-15/h9-12,15H,3-8,13H2,1-2H3,(H,18,20). The number of hydrogen-bond acceptors (Lipinski definition) is 3. The van der Waals surface area contributed by atoms with Crippen LogP contribution in [0.2, 0.25) is 0 Å². The maximum absolute atomic E-state index is 12.3. The molecular formula is C17H26N2O3S. The van der Waals surface area contributed by atoms with Gasteiger partial charge in [0.2, 0.25) is 15.9 Å². The molecule has 6 heteroatoms. The Hall–Kier alpha value is -1.56. The molecule has 1 amide bonds. The van der Waals surface area contributed by atoms with Crippen LogP contribution in [0.5, 0.6) is 0 Å². The minimum absolute atomic E-state index is 0.168. The molecule has 1 aliphatic carbocycles. The van der Waals surface area contributed by atoms with Gasteiger partial charge >= 0.3 is 0 Å². The first-order chi connectivity index (χ1) is 10.9. The molecule has 5 nitrogen and oxygen atoms in total. The number of benzene rings is 1. The highest BCUT2D eigenvalue weighted by Gasteiger charge is 2.22. The number of rotatable bonds is 5. The summed E-state index contributed by atoms with van der Waals surface area (Å²) in [5.74, 6) is -0.233. The highest BCUT2D eigenvalue weighted by Crippen LogP contribution is 2.19. The molecule has 1 aliphatic rings. The number of carbonyl (C=O) groups excluding carboxylic acids is 1. The summed E-state index contributed by atoms with van der Waals surface area (Å²) in [6.45, 7) is 1.77. The lowest BCUT2D eigenvalue weighted by Crippen LogP contribution is -2.44. The fraction of sp³-hybridized carbons (Fsp3) is 0.588. The van der Waals surface area contributed by atoms with Crippen LogP contribution in [0.3, 0.4) is 0 Å². The summed E-state index contributed by atoms with van der Waals surface area (Å²) < 4.78 is 25.3. The highest BCUT2D eigenvalue weighted by molar-refractivity contribution is 7.92. The van der Waals surface area contributed by atoms with Crippen LogP contribution in [0, 0.1) is 6.92 Å². The SMILES string of the molecule is Cc1ccc(N(CC(=O)NC2CCCCCC2)S(C)(=O)=O)cc1. The van der Waals surface area contributed by atoms with Crippen molar-refractivity contribution in [1.29, 1.82) is 0 Å². The van der Waals surface area contributed by atoms with Crippen LogP contribution in [-0.2, 0) is 14.8 Å². The van der Waals surface area contributed by atoms with Crippen LogP contribution in [0.1, 0.15) is 44.1 Å².